The SMILES string of the molecule is CCCN(CCC)NC(=O)Nc1ccc(Cc2ccc(NC(=O)NN(CCC)CCC)cc2)cc1. The molecule has 4 N–H and O–H groups in total. The standard InChI is InChI=1S/C27H42N6O2/c1-5-17-32(18-6-2)30-26(34)28-24-13-9-22(10-14-24)21-23-11-15-25(16-12-23)29-27(35)31-33(19-7-3)20-8-4/h9-16H,5-8,17-21H2,1-4H3,(H2,28,30,34)(H2,29,31,35). The average Bonchev–Trinajstić information content (AvgIpc) is 2.82. The molecule has 0 aliphatic carbocycles. The highest BCUT2D eigenvalue weighted by Crippen LogP contribution is 2.16. The Bertz CT molecular complexity index is 800. The van der Waals surface area contributed by atoms with E-state index in [4.69, 9.17) is 0 Å². The van der Waals surface area contributed by atoms with Gasteiger partial charge >= 0.3 is 12.1 Å². The number of rotatable bonds is 14. The van der Waals surface area contributed by atoms with E-state index in [9.17, 15) is 9.59 Å². The van der Waals surface area contributed by atoms with Crippen LogP contribution in [0.15, 0.2) is 48.5 Å². The first-order valence-electron chi connectivity index (χ1n) is 12.8. The van der Waals surface area contributed by atoms with Crippen LogP contribution in [0.25, 0.3) is 0 Å². The fourth-order valence-electron chi connectivity index (χ4n) is 3.78. The molecule has 192 valence electrons. The van der Waals surface area contributed by atoms with Gasteiger partial charge < -0.3 is 10.6 Å². The van der Waals surface area contributed by atoms with E-state index in [1.165, 1.54) is 0 Å². The molecule has 2 aromatic rings. The fraction of sp³-hybridized carbons (Fsp3) is 0.481. The van der Waals surface area contributed by atoms with Crippen LogP contribution in [0.4, 0.5) is 21.0 Å². The van der Waals surface area contributed by atoms with Gasteiger partial charge in [0, 0.05) is 37.6 Å². The van der Waals surface area contributed by atoms with Gasteiger partial charge in [0.15, 0.2) is 0 Å². The van der Waals surface area contributed by atoms with Crippen LogP contribution in [-0.2, 0) is 6.42 Å². The summed E-state index contributed by atoms with van der Waals surface area (Å²) in [5.74, 6) is 0. The molecule has 8 heteroatoms. The second-order valence-corrected chi connectivity index (χ2v) is 8.68. The lowest BCUT2D eigenvalue weighted by molar-refractivity contribution is 0.185. The molecule has 0 saturated heterocycles. The van der Waals surface area contributed by atoms with Crippen molar-refractivity contribution in [1.29, 1.82) is 0 Å². The van der Waals surface area contributed by atoms with Crippen LogP contribution in [0.3, 0.4) is 0 Å². The van der Waals surface area contributed by atoms with E-state index in [1.54, 1.807) is 0 Å². The maximum atomic E-state index is 12.3. The Kier molecular flexibility index (Phi) is 12.7. The summed E-state index contributed by atoms with van der Waals surface area (Å²) in [5, 5.41) is 9.67. The Balaban J connectivity index is 1.84. The lowest BCUT2D eigenvalue weighted by Crippen LogP contribution is -2.45. The third kappa shape index (κ3) is 10.8. The van der Waals surface area contributed by atoms with Crippen LogP contribution in [0.5, 0.6) is 0 Å². The van der Waals surface area contributed by atoms with Gasteiger partial charge in [0.25, 0.3) is 0 Å². The minimum atomic E-state index is -0.223. The maximum Gasteiger partial charge on any atom is 0.333 e. The lowest BCUT2D eigenvalue weighted by Gasteiger charge is -2.22. The average molecular weight is 483 g/mol. The first-order chi connectivity index (χ1) is 17.0. The summed E-state index contributed by atoms with van der Waals surface area (Å²) < 4.78 is 0. The van der Waals surface area contributed by atoms with Gasteiger partial charge in [-0.05, 0) is 67.5 Å². The summed E-state index contributed by atoms with van der Waals surface area (Å²) in [5.41, 5.74) is 9.61. The highest BCUT2D eigenvalue weighted by molar-refractivity contribution is 5.89. The molecule has 0 spiro atoms. The fourth-order valence-corrected chi connectivity index (χ4v) is 3.78. The Morgan fingerprint density at radius 2 is 0.886 bits per heavy atom. The van der Waals surface area contributed by atoms with E-state index in [-0.39, 0.29) is 12.1 Å². The highest BCUT2D eigenvalue weighted by Gasteiger charge is 2.09. The third-order valence-electron chi connectivity index (χ3n) is 5.33. The molecular formula is C27H42N6O2. The van der Waals surface area contributed by atoms with Crippen molar-refractivity contribution in [2.75, 3.05) is 36.8 Å². The molecule has 0 bridgehead atoms. The summed E-state index contributed by atoms with van der Waals surface area (Å²) in [4.78, 5) is 24.6. The van der Waals surface area contributed by atoms with Gasteiger partial charge in [0.2, 0.25) is 0 Å². The number of benzene rings is 2. The minimum absolute atomic E-state index is 0.223. The van der Waals surface area contributed by atoms with Crippen LogP contribution in [0, 0.1) is 0 Å². The van der Waals surface area contributed by atoms with Crippen molar-refractivity contribution in [3.63, 3.8) is 0 Å². The van der Waals surface area contributed by atoms with E-state index < -0.39 is 0 Å². The first-order valence-corrected chi connectivity index (χ1v) is 12.8. The largest absolute Gasteiger partial charge is 0.333 e. The zero-order valence-electron chi connectivity index (χ0n) is 21.7. The van der Waals surface area contributed by atoms with Gasteiger partial charge in [-0.2, -0.15) is 0 Å². The van der Waals surface area contributed by atoms with Gasteiger partial charge in [-0.1, -0.05) is 52.0 Å². The molecule has 0 atom stereocenters. The van der Waals surface area contributed by atoms with Gasteiger partial charge in [0.1, 0.15) is 0 Å². The number of nitrogens with zero attached hydrogens (tertiary/aromatic N) is 2. The number of anilines is 2. The molecule has 4 amide bonds. The molecular weight excluding hydrogens is 440 g/mol. The number of hydrogen-bond acceptors (Lipinski definition) is 4. The van der Waals surface area contributed by atoms with E-state index in [1.807, 2.05) is 58.5 Å². The second-order valence-electron chi connectivity index (χ2n) is 8.68. The molecule has 0 saturated carbocycles. The number of carbonyl (C=O) groups is 2. The van der Waals surface area contributed by atoms with Gasteiger partial charge in [-0.25, -0.2) is 19.6 Å². The summed E-state index contributed by atoms with van der Waals surface area (Å²) >= 11 is 0. The maximum absolute atomic E-state index is 12.3. The van der Waals surface area contributed by atoms with Crippen molar-refractivity contribution in [2.45, 2.75) is 59.8 Å². The number of carbonyl (C=O) groups excluding carboxylic acids is 2. The number of hydrazine groups is 2. The highest BCUT2D eigenvalue weighted by atomic mass is 16.2. The van der Waals surface area contributed by atoms with E-state index >= 15 is 0 Å². The molecule has 0 fully saturated rings. The van der Waals surface area contributed by atoms with Crippen molar-refractivity contribution >= 4 is 23.4 Å². The Morgan fingerprint density at radius 1 is 0.571 bits per heavy atom. The van der Waals surface area contributed by atoms with Gasteiger partial charge in [-0.15, -0.1) is 0 Å². The number of amides is 4. The summed E-state index contributed by atoms with van der Waals surface area (Å²) in [6, 6.07) is 15.3. The van der Waals surface area contributed by atoms with Crippen LogP contribution in [-0.4, -0.2) is 48.3 Å². The minimum Gasteiger partial charge on any atom is -0.307 e. The molecule has 0 aromatic heterocycles. The molecule has 0 aliphatic rings. The quantitative estimate of drug-likeness (QED) is 0.264. The van der Waals surface area contributed by atoms with Gasteiger partial charge in [0.05, 0.1) is 0 Å². The predicted octanol–water partition coefficient (Wildman–Crippen LogP) is 5.59. The van der Waals surface area contributed by atoms with E-state index in [0.29, 0.717) is 0 Å². The van der Waals surface area contributed by atoms with Crippen LogP contribution in [0.2, 0.25) is 0 Å². The zero-order valence-corrected chi connectivity index (χ0v) is 21.7. The monoisotopic (exact) mass is 482 g/mol. The van der Waals surface area contributed by atoms with Crippen LogP contribution >= 0.6 is 0 Å². The molecule has 2 rings (SSSR count). The number of nitrogens with one attached hydrogen (secondary N) is 4. The first kappa shape index (κ1) is 28.1. The normalized spacial score (nSPS) is 10.9. The second kappa shape index (κ2) is 15.7. The molecule has 8 nitrogen and oxygen atoms in total. The Hall–Kier alpha value is -3.10. The van der Waals surface area contributed by atoms with Crippen molar-refractivity contribution < 1.29 is 9.59 Å². The van der Waals surface area contributed by atoms with Crippen molar-refractivity contribution in [1.82, 2.24) is 20.9 Å². The zero-order chi connectivity index (χ0) is 25.5. The molecule has 0 aliphatic heterocycles. The van der Waals surface area contributed by atoms with E-state index in [0.717, 1.165) is 80.8 Å². The Labute approximate surface area is 210 Å². The van der Waals surface area contributed by atoms with Gasteiger partial charge in [-0.3, -0.25) is 10.9 Å². The lowest BCUT2D eigenvalue weighted by atomic mass is 10.0. The summed E-state index contributed by atoms with van der Waals surface area (Å²) in [6.45, 7) is 11.7. The molecule has 0 heterocycles. The Morgan fingerprint density at radius 3 is 1.17 bits per heavy atom. The molecule has 35 heavy (non-hydrogen) atoms. The smallest absolute Gasteiger partial charge is 0.307 e. The predicted molar refractivity (Wildman–Crippen MR) is 144 cm³/mol. The summed E-state index contributed by atoms with van der Waals surface area (Å²) in [7, 11) is 0. The van der Waals surface area contributed by atoms with Crippen molar-refractivity contribution in [3.8, 4) is 0 Å². The molecule has 0 radical (unpaired) electrons. The third-order valence-corrected chi connectivity index (χ3v) is 5.33. The number of hydrogen-bond donors (Lipinski definition) is 4. The number of urea groups is 2. The van der Waals surface area contributed by atoms with Crippen LogP contribution in [0.1, 0.15) is 64.5 Å². The summed E-state index contributed by atoms with van der Waals surface area (Å²) in [6.07, 6.45) is 4.69. The molecule has 2 aromatic carbocycles. The van der Waals surface area contributed by atoms with Crippen LogP contribution < -0.4 is 21.5 Å². The molecule has 0 unspecified atom stereocenters. The van der Waals surface area contributed by atoms with Crippen molar-refractivity contribution in [2.24, 2.45) is 0 Å². The van der Waals surface area contributed by atoms with Crippen molar-refractivity contribution in [3.05, 3.63) is 59.7 Å². The van der Waals surface area contributed by atoms with E-state index in [2.05, 4.69) is 49.2 Å². The topological polar surface area (TPSA) is 88.7 Å².